The van der Waals surface area contributed by atoms with Crippen LogP contribution in [0.15, 0.2) is 46.5 Å². The second-order valence-corrected chi connectivity index (χ2v) is 4.81. The summed E-state index contributed by atoms with van der Waals surface area (Å²) in [5.41, 5.74) is 6.15. The van der Waals surface area contributed by atoms with Crippen LogP contribution in [0.4, 0.5) is 5.69 Å². The Kier molecular flexibility index (Phi) is 3.76. The minimum Gasteiger partial charge on any atom is -0.497 e. The highest BCUT2D eigenvalue weighted by Crippen LogP contribution is 2.33. The van der Waals surface area contributed by atoms with E-state index in [-0.39, 0.29) is 0 Å². The van der Waals surface area contributed by atoms with Gasteiger partial charge in [0.05, 0.1) is 24.0 Å². The number of pyridine rings is 1. The van der Waals surface area contributed by atoms with Crippen LogP contribution < -0.4 is 10.5 Å². The average Bonchev–Trinajstić information content (AvgIpc) is 2.33. The molecule has 2 rings (SSSR count). The molecule has 88 valence electrons. The van der Waals surface area contributed by atoms with E-state index in [1.807, 2.05) is 24.3 Å². The summed E-state index contributed by atoms with van der Waals surface area (Å²) in [7, 11) is 1.64. The van der Waals surface area contributed by atoms with Gasteiger partial charge >= 0.3 is 0 Å². The third-order valence-electron chi connectivity index (χ3n) is 2.08. The van der Waals surface area contributed by atoms with E-state index in [1.165, 1.54) is 11.8 Å². The van der Waals surface area contributed by atoms with Gasteiger partial charge < -0.3 is 10.5 Å². The van der Waals surface area contributed by atoms with Gasteiger partial charge in [-0.05, 0) is 24.3 Å². The van der Waals surface area contributed by atoms with Crippen molar-refractivity contribution in [3.63, 3.8) is 0 Å². The molecule has 0 saturated heterocycles. The van der Waals surface area contributed by atoms with E-state index in [0.29, 0.717) is 10.7 Å². The fourth-order valence-electron chi connectivity index (χ4n) is 1.29. The molecule has 0 bridgehead atoms. The van der Waals surface area contributed by atoms with Gasteiger partial charge in [-0.15, -0.1) is 0 Å². The van der Waals surface area contributed by atoms with Crippen LogP contribution in [-0.2, 0) is 0 Å². The van der Waals surface area contributed by atoms with E-state index in [2.05, 4.69) is 4.98 Å². The Balaban J connectivity index is 2.25. The van der Waals surface area contributed by atoms with Crippen LogP contribution in [0, 0.1) is 0 Å². The molecule has 0 aliphatic rings. The summed E-state index contributed by atoms with van der Waals surface area (Å²) in [6.07, 6.45) is 1.59. The maximum atomic E-state index is 6.06. The first-order chi connectivity index (χ1) is 8.19. The van der Waals surface area contributed by atoms with Gasteiger partial charge in [0.25, 0.3) is 0 Å². The van der Waals surface area contributed by atoms with Crippen molar-refractivity contribution in [2.24, 2.45) is 0 Å². The highest BCUT2D eigenvalue weighted by Gasteiger charge is 2.05. The second kappa shape index (κ2) is 5.29. The van der Waals surface area contributed by atoms with Crippen molar-refractivity contribution in [2.75, 3.05) is 12.8 Å². The number of hydrogen-bond donors (Lipinski definition) is 1. The number of hydrogen-bond acceptors (Lipinski definition) is 4. The molecule has 0 amide bonds. The molecule has 2 aromatic rings. The SMILES string of the molecule is COc1cccc(Sc2ncc(N)cc2Cl)c1. The third kappa shape index (κ3) is 3.05. The van der Waals surface area contributed by atoms with Crippen LogP contribution in [0.25, 0.3) is 0 Å². The minimum absolute atomic E-state index is 0.554. The number of rotatable bonds is 3. The normalized spacial score (nSPS) is 10.2. The highest BCUT2D eigenvalue weighted by molar-refractivity contribution is 7.99. The van der Waals surface area contributed by atoms with Crippen molar-refractivity contribution in [1.29, 1.82) is 0 Å². The van der Waals surface area contributed by atoms with E-state index >= 15 is 0 Å². The van der Waals surface area contributed by atoms with Crippen LogP contribution in [-0.4, -0.2) is 12.1 Å². The Morgan fingerprint density at radius 2 is 2.18 bits per heavy atom. The molecule has 0 saturated carbocycles. The Labute approximate surface area is 109 Å². The molecule has 0 unspecified atom stereocenters. The lowest BCUT2D eigenvalue weighted by Gasteiger charge is -2.05. The van der Waals surface area contributed by atoms with E-state index in [0.717, 1.165) is 15.7 Å². The molecule has 17 heavy (non-hydrogen) atoms. The molecule has 2 N–H and O–H groups in total. The van der Waals surface area contributed by atoms with Crippen LogP contribution in [0.5, 0.6) is 5.75 Å². The monoisotopic (exact) mass is 266 g/mol. The number of ether oxygens (including phenoxy) is 1. The predicted molar refractivity (Wildman–Crippen MR) is 70.8 cm³/mol. The van der Waals surface area contributed by atoms with Gasteiger partial charge in [-0.2, -0.15) is 0 Å². The third-order valence-corrected chi connectivity index (χ3v) is 3.49. The zero-order valence-electron chi connectivity index (χ0n) is 9.18. The lowest BCUT2D eigenvalue weighted by molar-refractivity contribution is 0.413. The zero-order chi connectivity index (χ0) is 12.3. The molecule has 1 heterocycles. The summed E-state index contributed by atoms with van der Waals surface area (Å²) in [5.74, 6) is 0.807. The maximum absolute atomic E-state index is 6.06. The van der Waals surface area contributed by atoms with Gasteiger partial charge in [-0.1, -0.05) is 29.4 Å². The first-order valence-corrected chi connectivity index (χ1v) is 6.11. The fraction of sp³-hybridized carbons (Fsp3) is 0.0833. The summed E-state index contributed by atoms with van der Waals surface area (Å²) in [4.78, 5) is 5.21. The van der Waals surface area contributed by atoms with E-state index < -0.39 is 0 Å². The van der Waals surface area contributed by atoms with Crippen molar-refractivity contribution in [2.45, 2.75) is 9.92 Å². The lowest BCUT2D eigenvalue weighted by atomic mass is 10.3. The Hall–Kier alpha value is -1.39. The number of methoxy groups -OCH3 is 1. The van der Waals surface area contributed by atoms with E-state index in [4.69, 9.17) is 22.1 Å². The van der Waals surface area contributed by atoms with E-state index in [9.17, 15) is 0 Å². The van der Waals surface area contributed by atoms with Crippen LogP contribution in [0.1, 0.15) is 0 Å². The molecule has 0 spiro atoms. The molecule has 0 atom stereocenters. The van der Waals surface area contributed by atoms with Gasteiger partial charge in [-0.3, -0.25) is 0 Å². The Morgan fingerprint density at radius 3 is 2.88 bits per heavy atom. The van der Waals surface area contributed by atoms with Crippen LogP contribution in [0.2, 0.25) is 5.02 Å². The molecule has 0 aliphatic heterocycles. The average molecular weight is 267 g/mol. The molecular formula is C12H11ClN2OS. The first-order valence-electron chi connectivity index (χ1n) is 4.92. The topological polar surface area (TPSA) is 48.1 Å². The zero-order valence-corrected chi connectivity index (χ0v) is 10.8. The van der Waals surface area contributed by atoms with Gasteiger partial charge in [0.15, 0.2) is 0 Å². The standard InChI is InChI=1S/C12H11ClN2OS/c1-16-9-3-2-4-10(6-9)17-12-11(13)5-8(14)7-15-12/h2-7H,14H2,1H3. The van der Waals surface area contributed by atoms with Crippen molar-refractivity contribution in [3.05, 3.63) is 41.6 Å². The number of nitrogens with two attached hydrogens (primary N) is 1. The molecule has 5 heteroatoms. The summed E-state index contributed by atoms with van der Waals surface area (Å²) in [6, 6.07) is 9.41. The molecule has 1 aromatic carbocycles. The summed E-state index contributed by atoms with van der Waals surface area (Å²) in [5, 5.41) is 1.28. The largest absolute Gasteiger partial charge is 0.497 e. The Bertz CT molecular complexity index is 534. The first kappa shape index (κ1) is 12.1. The molecule has 1 aromatic heterocycles. The smallest absolute Gasteiger partial charge is 0.120 e. The molecule has 0 fully saturated rings. The fourth-order valence-corrected chi connectivity index (χ4v) is 2.39. The number of nitrogen functional groups attached to an aromatic ring is 1. The predicted octanol–water partition coefficient (Wildman–Crippen LogP) is 3.48. The van der Waals surface area contributed by atoms with Crippen molar-refractivity contribution in [1.82, 2.24) is 4.98 Å². The van der Waals surface area contributed by atoms with Gasteiger partial charge in [0.1, 0.15) is 10.8 Å². The summed E-state index contributed by atoms with van der Waals surface area (Å²) < 4.78 is 5.16. The maximum Gasteiger partial charge on any atom is 0.120 e. The quantitative estimate of drug-likeness (QED) is 0.924. The number of nitrogens with zero attached hydrogens (tertiary/aromatic N) is 1. The van der Waals surface area contributed by atoms with Crippen molar-refractivity contribution >= 4 is 29.1 Å². The van der Waals surface area contributed by atoms with Crippen molar-refractivity contribution in [3.8, 4) is 5.75 Å². The molecule has 0 aliphatic carbocycles. The molecular weight excluding hydrogens is 256 g/mol. The highest BCUT2D eigenvalue weighted by atomic mass is 35.5. The van der Waals surface area contributed by atoms with Crippen LogP contribution >= 0.6 is 23.4 Å². The van der Waals surface area contributed by atoms with E-state index in [1.54, 1.807) is 19.4 Å². The van der Waals surface area contributed by atoms with Gasteiger partial charge in [0.2, 0.25) is 0 Å². The second-order valence-electron chi connectivity index (χ2n) is 3.34. The van der Waals surface area contributed by atoms with Crippen LogP contribution in [0.3, 0.4) is 0 Å². The molecule has 0 radical (unpaired) electrons. The number of benzene rings is 1. The number of aromatic nitrogens is 1. The summed E-state index contributed by atoms with van der Waals surface area (Å²) >= 11 is 7.53. The minimum atomic E-state index is 0.554. The molecule has 3 nitrogen and oxygen atoms in total. The lowest BCUT2D eigenvalue weighted by Crippen LogP contribution is -1.89. The Morgan fingerprint density at radius 1 is 1.35 bits per heavy atom. The number of halogens is 1. The summed E-state index contributed by atoms with van der Waals surface area (Å²) in [6.45, 7) is 0. The van der Waals surface area contributed by atoms with Crippen molar-refractivity contribution < 1.29 is 4.74 Å². The number of anilines is 1. The van der Waals surface area contributed by atoms with Gasteiger partial charge in [0, 0.05) is 4.90 Å². The van der Waals surface area contributed by atoms with Gasteiger partial charge in [-0.25, -0.2) is 4.98 Å².